The zero-order valence-corrected chi connectivity index (χ0v) is 9.73. The van der Waals surface area contributed by atoms with Crippen molar-refractivity contribution in [2.45, 2.75) is 38.8 Å². The maximum Gasteiger partial charge on any atom is 0.0640 e. The van der Waals surface area contributed by atoms with Crippen LogP contribution in [0.15, 0.2) is 12.4 Å². The molecular formula is C12H21N3O. The van der Waals surface area contributed by atoms with E-state index in [1.54, 1.807) is 4.68 Å². The molecule has 1 saturated carbocycles. The normalized spacial score (nSPS) is 15.6. The smallest absolute Gasteiger partial charge is 0.0640 e. The first-order chi connectivity index (χ1) is 7.88. The van der Waals surface area contributed by atoms with E-state index < -0.39 is 0 Å². The summed E-state index contributed by atoms with van der Waals surface area (Å²) in [6.07, 6.45) is 9.43. The Morgan fingerprint density at radius 2 is 2.38 bits per heavy atom. The monoisotopic (exact) mass is 223 g/mol. The number of hydrogen-bond acceptors (Lipinski definition) is 3. The highest BCUT2D eigenvalue weighted by Gasteiger charge is 2.19. The van der Waals surface area contributed by atoms with Crippen LogP contribution >= 0.6 is 0 Å². The highest BCUT2D eigenvalue weighted by molar-refractivity contribution is 5.03. The van der Waals surface area contributed by atoms with Crippen LogP contribution in [0.25, 0.3) is 0 Å². The minimum Gasteiger partial charge on any atom is -0.394 e. The van der Waals surface area contributed by atoms with Gasteiger partial charge in [-0.3, -0.25) is 4.68 Å². The van der Waals surface area contributed by atoms with E-state index in [0.29, 0.717) is 6.54 Å². The molecule has 90 valence electrons. The van der Waals surface area contributed by atoms with Gasteiger partial charge in [-0.2, -0.15) is 5.10 Å². The lowest BCUT2D eigenvalue weighted by atomic mass is 10.2. The Labute approximate surface area is 96.7 Å². The maximum absolute atomic E-state index is 8.76. The number of hydrogen-bond donors (Lipinski definition) is 2. The van der Waals surface area contributed by atoms with Crippen molar-refractivity contribution in [3.8, 4) is 0 Å². The van der Waals surface area contributed by atoms with Gasteiger partial charge in [-0.25, -0.2) is 0 Å². The molecule has 0 amide bonds. The van der Waals surface area contributed by atoms with Crippen molar-refractivity contribution in [2.24, 2.45) is 5.92 Å². The second kappa shape index (κ2) is 6.01. The van der Waals surface area contributed by atoms with Gasteiger partial charge in [-0.15, -0.1) is 0 Å². The lowest BCUT2D eigenvalue weighted by Gasteiger charge is -2.01. The Kier molecular flexibility index (Phi) is 4.36. The summed E-state index contributed by atoms with van der Waals surface area (Å²) >= 11 is 0. The van der Waals surface area contributed by atoms with E-state index in [1.807, 2.05) is 12.4 Å². The SMILES string of the molecule is OCCn1cc(CNCCCC2CC2)cn1. The van der Waals surface area contributed by atoms with Crippen molar-refractivity contribution in [3.05, 3.63) is 18.0 Å². The summed E-state index contributed by atoms with van der Waals surface area (Å²) in [6, 6.07) is 0. The van der Waals surface area contributed by atoms with E-state index in [-0.39, 0.29) is 6.61 Å². The lowest BCUT2D eigenvalue weighted by molar-refractivity contribution is 0.269. The summed E-state index contributed by atoms with van der Waals surface area (Å²) in [5, 5.41) is 16.3. The molecule has 2 rings (SSSR count). The quantitative estimate of drug-likeness (QED) is 0.650. The molecule has 2 N–H and O–H groups in total. The fraction of sp³-hybridized carbons (Fsp3) is 0.750. The number of nitrogens with one attached hydrogen (secondary N) is 1. The molecule has 0 bridgehead atoms. The number of aliphatic hydroxyl groups excluding tert-OH is 1. The first kappa shape index (κ1) is 11.6. The molecule has 0 spiro atoms. The molecule has 1 aromatic rings. The molecule has 4 heteroatoms. The van der Waals surface area contributed by atoms with Crippen molar-refractivity contribution in [1.82, 2.24) is 15.1 Å². The van der Waals surface area contributed by atoms with Crippen LogP contribution in [0.2, 0.25) is 0 Å². The molecule has 0 saturated heterocycles. The highest BCUT2D eigenvalue weighted by atomic mass is 16.3. The minimum absolute atomic E-state index is 0.149. The molecule has 4 nitrogen and oxygen atoms in total. The van der Waals surface area contributed by atoms with Gasteiger partial charge in [0, 0.05) is 18.3 Å². The van der Waals surface area contributed by atoms with Crippen LogP contribution in [-0.2, 0) is 13.1 Å². The molecule has 1 aliphatic rings. The van der Waals surface area contributed by atoms with Crippen LogP contribution in [0.3, 0.4) is 0 Å². The van der Waals surface area contributed by atoms with Crippen molar-refractivity contribution in [3.63, 3.8) is 0 Å². The molecule has 0 atom stereocenters. The van der Waals surface area contributed by atoms with Gasteiger partial charge in [-0.05, 0) is 25.3 Å². The molecule has 0 radical (unpaired) electrons. The van der Waals surface area contributed by atoms with Crippen LogP contribution in [0, 0.1) is 5.92 Å². The van der Waals surface area contributed by atoms with Crippen molar-refractivity contribution in [2.75, 3.05) is 13.2 Å². The number of rotatable bonds is 8. The molecular weight excluding hydrogens is 202 g/mol. The molecule has 1 aromatic heterocycles. The number of nitrogens with zero attached hydrogens (tertiary/aromatic N) is 2. The van der Waals surface area contributed by atoms with Gasteiger partial charge in [0.15, 0.2) is 0 Å². The molecule has 0 unspecified atom stereocenters. The summed E-state index contributed by atoms with van der Waals surface area (Å²) in [5.41, 5.74) is 1.19. The average Bonchev–Trinajstić information content (AvgIpc) is 2.99. The van der Waals surface area contributed by atoms with E-state index >= 15 is 0 Å². The molecule has 1 aliphatic carbocycles. The third-order valence-electron chi connectivity index (χ3n) is 3.01. The van der Waals surface area contributed by atoms with Crippen LogP contribution < -0.4 is 5.32 Å². The summed E-state index contributed by atoms with van der Waals surface area (Å²) in [6.45, 7) is 2.72. The maximum atomic E-state index is 8.76. The predicted octanol–water partition coefficient (Wildman–Crippen LogP) is 1.16. The third-order valence-corrected chi connectivity index (χ3v) is 3.01. The van der Waals surface area contributed by atoms with Gasteiger partial charge in [0.1, 0.15) is 0 Å². The molecule has 0 aromatic carbocycles. The van der Waals surface area contributed by atoms with Crippen LogP contribution in [0.1, 0.15) is 31.2 Å². The zero-order chi connectivity index (χ0) is 11.2. The van der Waals surface area contributed by atoms with Crippen molar-refractivity contribution >= 4 is 0 Å². The Morgan fingerprint density at radius 3 is 3.12 bits per heavy atom. The van der Waals surface area contributed by atoms with E-state index in [9.17, 15) is 0 Å². The second-order valence-electron chi connectivity index (χ2n) is 4.60. The molecule has 0 aliphatic heterocycles. The predicted molar refractivity (Wildman–Crippen MR) is 63.0 cm³/mol. The van der Waals surface area contributed by atoms with E-state index in [2.05, 4.69) is 10.4 Å². The summed E-state index contributed by atoms with van der Waals surface area (Å²) in [5.74, 6) is 1.04. The fourth-order valence-corrected chi connectivity index (χ4v) is 1.88. The van der Waals surface area contributed by atoms with Gasteiger partial charge >= 0.3 is 0 Å². The third kappa shape index (κ3) is 3.94. The number of aliphatic hydroxyl groups is 1. The zero-order valence-electron chi connectivity index (χ0n) is 9.73. The van der Waals surface area contributed by atoms with Gasteiger partial charge in [0.25, 0.3) is 0 Å². The molecule has 1 heterocycles. The molecule has 1 fully saturated rings. The Bertz CT molecular complexity index is 307. The summed E-state index contributed by atoms with van der Waals surface area (Å²) < 4.78 is 1.78. The highest BCUT2D eigenvalue weighted by Crippen LogP contribution is 2.33. The van der Waals surface area contributed by atoms with Gasteiger partial charge in [-0.1, -0.05) is 12.8 Å². The summed E-state index contributed by atoms with van der Waals surface area (Å²) in [4.78, 5) is 0. The lowest BCUT2D eigenvalue weighted by Crippen LogP contribution is -2.14. The van der Waals surface area contributed by atoms with Crippen molar-refractivity contribution < 1.29 is 5.11 Å². The van der Waals surface area contributed by atoms with Crippen LogP contribution in [0.5, 0.6) is 0 Å². The van der Waals surface area contributed by atoms with Crippen molar-refractivity contribution in [1.29, 1.82) is 0 Å². The number of aromatic nitrogens is 2. The largest absolute Gasteiger partial charge is 0.394 e. The van der Waals surface area contributed by atoms with E-state index in [4.69, 9.17) is 5.11 Å². The van der Waals surface area contributed by atoms with Gasteiger partial charge in [0.2, 0.25) is 0 Å². The van der Waals surface area contributed by atoms with Crippen LogP contribution in [-0.4, -0.2) is 28.0 Å². The Balaban J connectivity index is 1.56. The fourth-order valence-electron chi connectivity index (χ4n) is 1.88. The first-order valence-corrected chi connectivity index (χ1v) is 6.21. The van der Waals surface area contributed by atoms with Gasteiger partial charge < -0.3 is 10.4 Å². The second-order valence-corrected chi connectivity index (χ2v) is 4.60. The molecule has 16 heavy (non-hydrogen) atoms. The van der Waals surface area contributed by atoms with Gasteiger partial charge in [0.05, 0.1) is 19.3 Å². The summed E-state index contributed by atoms with van der Waals surface area (Å²) in [7, 11) is 0. The Hall–Kier alpha value is -0.870. The topological polar surface area (TPSA) is 50.1 Å². The Morgan fingerprint density at radius 1 is 1.50 bits per heavy atom. The average molecular weight is 223 g/mol. The van der Waals surface area contributed by atoms with Crippen LogP contribution in [0.4, 0.5) is 0 Å². The minimum atomic E-state index is 0.149. The standard InChI is InChI=1S/C12H21N3O/c16-7-6-15-10-12(9-14-15)8-13-5-1-2-11-3-4-11/h9-11,13,16H,1-8H2. The van der Waals surface area contributed by atoms with E-state index in [1.165, 1.54) is 31.2 Å². The first-order valence-electron chi connectivity index (χ1n) is 6.21. The van der Waals surface area contributed by atoms with E-state index in [0.717, 1.165) is 19.0 Å².